The number of hydrogen-bond acceptors (Lipinski definition) is 5. The van der Waals surface area contributed by atoms with E-state index in [1.54, 1.807) is 9.80 Å². The summed E-state index contributed by atoms with van der Waals surface area (Å²) < 4.78 is 5.35. The van der Waals surface area contributed by atoms with Gasteiger partial charge in [0.25, 0.3) is 5.91 Å². The Kier molecular flexibility index (Phi) is 5.33. The van der Waals surface area contributed by atoms with Crippen molar-refractivity contribution >= 4 is 23.3 Å². The molecule has 0 radical (unpaired) electrons. The third kappa shape index (κ3) is 4.17. The predicted octanol–water partition coefficient (Wildman–Crippen LogP) is 2.85. The van der Waals surface area contributed by atoms with Crippen molar-refractivity contribution in [2.24, 2.45) is 0 Å². The summed E-state index contributed by atoms with van der Waals surface area (Å²) in [6, 6.07) is 9.59. The number of aryl methyl sites for hydroxylation is 2. The lowest BCUT2D eigenvalue weighted by Crippen LogP contribution is -2.50. The molecule has 1 fully saturated rings. The largest absolute Gasteiger partial charge is 0.445 e. The highest BCUT2D eigenvalue weighted by molar-refractivity contribution is 7.13. The monoisotopic (exact) mass is 359 g/mol. The zero-order valence-corrected chi connectivity index (χ0v) is 15.2. The molecule has 132 valence electrons. The minimum Gasteiger partial charge on any atom is -0.445 e. The van der Waals surface area contributed by atoms with E-state index in [0.717, 1.165) is 16.3 Å². The summed E-state index contributed by atoms with van der Waals surface area (Å²) >= 11 is 1.42. The lowest BCUT2D eigenvalue weighted by atomic mass is 10.2. The Morgan fingerprint density at radius 2 is 1.72 bits per heavy atom. The van der Waals surface area contributed by atoms with E-state index < -0.39 is 0 Å². The predicted molar refractivity (Wildman–Crippen MR) is 95.7 cm³/mol. The van der Waals surface area contributed by atoms with E-state index in [-0.39, 0.29) is 18.6 Å². The molecule has 2 heterocycles. The number of ether oxygens (including phenoxy) is 1. The van der Waals surface area contributed by atoms with Crippen LogP contribution in [0, 0.1) is 13.8 Å². The van der Waals surface area contributed by atoms with Crippen molar-refractivity contribution in [1.29, 1.82) is 0 Å². The van der Waals surface area contributed by atoms with Crippen LogP contribution in [-0.2, 0) is 11.3 Å². The molecule has 0 saturated carbocycles. The molecule has 6 nitrogen and oxygen atoms in total. The van der Waals surface area contributed by atoms with Crippen LogP contribution in [0.2, 0.25) is 0 Å². The number of carbonyl (C=O) groups excluding carboxylic acids is 2. The molecule has 25 heavy (non-hydrogen) atoms. The molecule has 1 aromatic carbocycles. The Bertz CT molecular complexity index is 752. The van der Waals surface area contributed by atoms with Crippen molar-refractivity contribution in [2.45, 2.75) is 20.5 Å². The van der Waals surface area contributed by atoms with Crippen LogP contribution in [-0.4, -0.2) is 53.0 Å². The molecule has 1 aromatic heterocycles. The van der Waals surface area contributed by atoms with E-state index in [4.69, 9.17) is 4.74 Å². The quantitative estimate of drug-likeness (QED) is 0.845. The number of nitrogens with zero attached hydrogens (tertiary/aromatic N) is 3. The van der Waals surface area contributed by atoms with Gasteiger partial charge in [0.15, 0.2) is 0 Å². The van der Waals surface area contributed by atoms with Gasteiger partial charge in [0.2, 0.25) is 0 Å². The number of benzene rings is 1. The molecule has 0 bridgehead atoms. The van der Waals surface area contributed by atoms with E-state index in [1.165, 1.54) is 11.3 Å². The van der Waals surface area contributed by atoms with Gasteiger partial charge in [0.05, 0.1) is 10.7 Å². The molecular weight excluding hydrogens is 338 g/mol. The van der Waals surface area contributed by atoms with Gasteiger partial charge in [-0.05, 0) is 19.4 Å². The summed E-state index contributed by atoms with van der Waals surface area (Å²) in [4.78, 5) is 33.2. The van der Waals surface area contributed by atoms with Crippen molar-refractivity contribution in [3.05, 3.63) is 51.5 Å². The van der Waals surface area contributed by atoms with E-state index in [0.29, 0.717) is 31.1 Å². The lowest BCUT2D eigenvalue weighted by molar-refractivity contribution is 0.0546. The molecule has 2 amide bonds. The molecule has 3 rings (SSSR count). The van der Waals surface area contributed by atoms with Crippen molar-refractivity contribution in [1.82, 2.24) is 14.8 Å². The highest BCUT2D eigenvalue weighted by Gasteiger charge is 2.27. The maximum Gasteiger partial charge on any atom is 0.410 e. The summed E-state index contributed by atoms with van der Waals surface area (Å²) in [5.74, 6) is 0.000373. The topological polar surface area (TPSA) is 62.7 Å². The number of amides is 2. The van der Waals surface area contributed by atoms with Gasteiger partial charge in [0.1, 0.15) is 11.5 Å². The number of piperazine rings is 1. The van der Waals surface area contributed by atoms with Gasteiger partial charge in [-0.25, -0.2) is 9.78 Å². The van der Waals surface area contributed by atoms with Gasteiger partial charge in [-0.3, -0.25) is 4.79 Å². The van der Waals surface area contributed by atoms with Crippen molar-refractivity contribution in [3.8, 4) is 0 Å². The second-order valence-electron chi connectivity index (χ2n) is 5.97. The molecule has 7 heteroatoms. The molecule has 0 N–H and O–H groups in total. The minimum atomic E-state index is -0.333. The molecule has 1 aliphatic heterocycles. The van der Waals surface area contributed by atoms with Gasteiger partial charge in [-0.2, -0.15) is 0 Å². The molecular formula is C18H21N3O3S. The van der Waals surface area contributed by atoms with Gasteiger partial charge in [-0.1, -0.05) is 30.3 Å². The summed E-state index contributed by atoms with van der Waals surface area (Å²) in [6.07, 6.45) is -0.333. The highest BCUT2D eigenvalue weighted by Crippen LogP contribution is 2.20. The lowest BCUT2D eigenvalue weighted by Gasteiger charge is -2.33. The first kappa shape index (κ1) is 17.4. The zero-order valence-electron chi connectivity index (χ0n) is 14.4. The smallest absolute Gasteiger partial charge is 0.410 e. The summed E-state index contributed by atoms with van der Waals surface area (Å²) in [5, 5.41) is 0.893. The van der Waals surface area contributed by atoms with E-state index in [1.807, 2.05) is 44.2 Å². The second-order valence-corrected chi connectivity index (χ2v) is 7.17. The first-order chi connectivity index (χ1) is 12.0. The summed E-state index contributed by atoms with van der Waals surface area (Å²) in [5.41, 5.74) is 1.73. The second kappa shape index (κ2) is 7.65. The van der Waals surface area contributed by atoms with Crippen LogP contribution in [0.25, 0.3) is 0 Å². The third-order valence-corrected chi connectivity index (χ3v) is 5.19. The minimum absolute atomic E-state index is 0.000373. The van der Waals surface area contributed by atoms with E-state index in [9.17, 15) is 9.59 Å². The Labute approximate surface area is 151 Å². The molecule has 1 aliphatic rings. The van der Waals surface area contributed by atoms with E-state index in [2.05, 4.69) is 4.98 Å². The number of carbonyl (C=O) groups is 2. The molecule has 0 atom stereocenters. The molecule has 0 aliphatic carbocycles. The van der Waals surface area contributed by atoms with Gasteiger partial charge in [-0.15, -0.1) is 11.3 Å². The third-order valence-electron chi connectivity index (χ3n) is 4.13. The van der Waals surface area contributed by atoms with Crippen molar-refractivity contribution < 1.29 is 14.3 Å². The zero-order chi connectivity index (χ0) is 17.8. The average molecular weight is 359 g/mol. The average Bonchev–Trinajstić information content (AvgIpc) is 2.98. The van der Waals surface area contributed by atoms with Crippen LogP contribution in [0.5, 0.6) is 0 Å². The fourth-order valence-corrected chi connectivity index (χ4v) is 3.66. The van der Waals surface area contributed by atoms with Crippen LogP contribution in [0.3, 0.4) is 0 Å². The summed E-state index contributed by atoms with van der Waals surface area (Å²) in [6.45, 7) is 6.00. The van der Waals surface area contributed by atoms with Gasteiger partial charge < -0.3 is 14.5 Å². The van der Waals surface area contributed by atoms with Crippen molar-refractivity contribution in [2.75, 3.05) is 26.2 Å². The number of rotatable bonds is 3. The summed E-state index contributed by atoms with van der Waals surface area (Å²) in [7, 11) is 0. The maximum atomic E-state index is 12.6. The van der Waals surface area contributed by atoms with Gasteiger partial charge >= 0.3 is 6.09 Å². The maximum absolute atomic E-state index is 12.6. The van der Waals surface area contributed by atoms with Crippen LogP contribution in [0.15, 0.2) is 30.3 Å². The van der Waals surface area contributed by atoms with Crippen molar-refractivity contribution in [3.63, 3.8) is 0 Å². The normalized spacial score (nSPS) is 14.5. The van der Waals surface area contributed by atoms with Crippen LogP contribution in [0.1, 0.15) is 25.9 Å². The van der Waals surface area contributed by atoms with Crippen LogP contribution >= 0.6 is 11.3 Å². The number of thiazole rings is 1. The first-order valence-corrected chi connectivity index (χ1v) is 9.05. The highest BCUT2D eigenvalue weighted by atomic mass is 32.1. The number of hydrogen-bond donors (Lipinski definition) is 0. The van der Waals surface area contributed by atoms with Crippen LogP contribution < -0.4 is 0 Å². The Balaban J connectivity index is 1.50. The SMILES string of the molecule is Cc1nc(C)c(C(=O)N2CCN(C(=O)OCc3ccccc3)CC2)s1. The fourth-order valence-electron chi connectivity index (χ4n) is 2.78. The van der Waals surface area contributed by atoms with Gasteiger partial charge in [0, 0.05) is 26.2 Å². The Morgan fingerprint density at radius 3 is 2.32 bits per heavy atom. The molecule has 0 spiro atoms. The first-order valence-electron chi connectivity index (χ1n) is 8.23. The van der Waals surface area contributed by atoms with E-state index >= 15 is 0 Å². The fraction of sp³-hybridized carbons (Fsp3) is 0.389. The molecule has 2 aromatic rings. The molecule has 1 saturated heterocycles. The Morgan fingerprint density at radius 1 is 1.08 bits per heavy atom. The Hall–Kier alpha value is -2.41. The number of aromatic nitrogens is 1. The van der Waals surface area contributed by atoms with Crippen LogP contribution in [0.4, 0.5) is 4.79 Å². The molecule has 0 unspecified atom stereocenters. The standard InChI is InChI=1S/C18H21N3O3S/c1-13-16(25-14(2)19-13)17(22)20-8-10-21(11-9-20)18(23)24-12-15-6-4-3-5-7-15/h3-7H,8-12H2,1-2H3.